The van der Waals surface area contributed by atoms with Crippen molar-refractivity contribution in [3.8, 4) is 17.2 Å². The van der Waals surface area contributed by atoms with Gasteiger partial charge in [-0.3, -0.25) is 0 Å². The highest BCUT2D eigenvalue weighted by atomic mass is 16.7. The zero-order chi connectivity index (χ0) is 14.5. The minimum absolute atomic E-state index is 0.282. The van der Waals surface area contributed by atoms with Crippen LogP contribution in [0.15, 0.2) is 48.5 Å². The number of allylic oxidation sites excluding steroid dienone is 1. The molecule has 0 aromatic heterocycles. The first-order valence-electron chi connectivity index (χ1n) is 7.13. The second-order valence-electron chi connectivity index (χ2n) is 4.76. The average Bonchev–Trinajstić information content (AvgIpc) is 2.96. The number of fused-ring (bicyclic) bond motifs is 1. The molecule has 0 aliphatic carbocycles. The van der Waals surface area contributed by atoms with Crippen molar-refractivity contribution in [2.45, 2.75) is 13.3 Å². The Morgan fingerprint density at radius 1 is 1.10 bits per heavy atom. The van der Waals surface area contributed by atoms with E-state index in [1.807, 2.05) is 37.3 Å². The van der Waals surface area contributed by atoms with Gasteiger partial charge in [0.15, 0.2) is 11.5 Å². The highest BCUT2D eigenvalue weighted by Gasteiger charge is 2.17. The third kappa shape index (κ3) is 3.19. The van der Waals surface area contributed by atoms with Gasteiger partial charge in [-0.1, -0.05) is 42.5 Å². The van der Waals surface area contributed by atoms with Crippen LogP contribution in [0.5, 0.6) is 17.2 Å². The average molecular weight is 282 g/mol. The Bertz CT molecular complexity index is 632. The molecule has 1 aliphatic heterocycles. The van der Waals surface area contributed by atoms with Gasteiger partial charge in [0, 0.05) is 11.6 Å². The van der Waals surface area contributed by atoms with Gasteiger partial charge in [-0.25, -0.2) is 0 Å². The summed E-state index contributed by atoms with van der Waals surface area (Å²) in [6, 6.07) is 14.2. The molecule has 1 aliphatic rings. The molecule has 3 rings (SSSR count). The second kappa shape index (κ2) is 6.35. The van der Waals surface area contributed by atoms with E-state index in [0.717, 1.165) is 29.2 Å². The van der Waals surface area contributed by atoms with Gasteiger partial charge in [-0.05, 0) is 25.0 Å². The van der Waals surface area contributed by atoms with E-state index in [4.69, 9.17) is 14.2 Å². The summed E-state index contributed by atoms with van der Waals surface area (Å²) in [5, 5.41) is 0. The maximum Gasteiger partial charge on any atom is 0.231 e. The number of benzene rings is 2. The van der Waals surface area contributed by atoms with Crippen molar-refractivity contribution >= 4 is 6.08 Å². The van der Waals surface area contributed by atoms with Gasteiger partial charge in [0.2, 0.25) is 6.79 Å². The molecular weight excluding hydrogens is 264 g/mol. The standard InChI is InChI=1S/C18H18O3/c1-2-19-16-12-18-17(20-13-21-18)11-15(16)10-6-9-14-7-4-3-5-8-14/h3-9,11-12H,2,10,13H2,1H3/b9-6+. The first-order valence-corrected chi connectivity index (χ1v) is 7.13. The number of hydrogen-bond acceptors (Lipinski definition) is 3. The van der Waals surface area contributed by atoms with E-state index in [1.54, 1.807) is 0 Å². The van der Waals surface area contributed by atoms with E-state index in [0.29, 0.717) is 6.61 Å². The van der Waals surface area contributed by atoms with Crippen molar-refractivity contribution in [3.05, 3.63) is 59.7 Å². The molecule has 1 heterocycles. The number of ether oxygens (including phenoxy) is 3. The molecule has 0 atom stereocenters. The fraction of sp³-hybridized carbons (Fsp3) is 0.222. The molecule has 0 N–H and O–H groups in total. The molecule has 3 nitrogen and oxygen atoms in total. The predicted octanol–water partition coefficient (Wildman–Crippen LogP) is 4.07. The molecule has 108 valence electrons. The highest BCUT2D eigenvalue weighted by molar-refractivity contribution is 5.54. The monoisotopic (exact) mass is 282 g/mol. The summed E-state index contributed by atoms with van der Waals surface area (Å²) in [5.41, 5.74) is 2.30. The van der Waals surface area contributed by atoms with Crippen LogP contribution < -0.4 is 14.2 Å². The molecular formula is C18H18O3. The second-order valence-corrected chi connectivity index (χ2v) is 4.76. The van der Waals surface area contributed by atoms with Crippen LogP contribution in [0.1, 0.15) is 18.1 Å². The van der Waals surface area contributed by atoms with Crippen molar-refractivity contribution < 1.29 is 14.2 Å². The topological polar surface area (TPSA) is 27.7 Å². The van der Waals surface area contributed by atoms with Gasteiger partial charge in [-0.15, -0.1) is 0 Å². The molecule has 0 bridgehead atoms. The van der Waals surface area contributed by atoms with E-state index in [1.165, 1.54) is 5.56 Å². The maximum atomic E-state index is 5.70. The normalized spacial score (nSPS) is 12.8. The van der Waals surface area contributed by atoms with Crippen molar-refractivity contribution in [1.82, 2.24) is 0 Å². The summed E-state index contributed by atoms with van der Waals surface area (Å²) < 4.78 is 16.5. The third-order valence-corrected chi connectivity index (χ3v) is 3.30. The molecule has 0 fully saturated rings. The van der Waals surface area contributed by atoms with E-state index in [9.17, 15) is 0 Å². The van der Waals surface area contributed by atoms with Crippen LogP contribution in [0.3, 0.4) is 0 Å². The van der Waals surface area contributed by atoms with Gasteiger partial charge < -0.3 is 14.2 Å². The lowest BCUT2D eigenvalue weighted by atomic mass is 10.1. The fourth-order valence-corrected chi connectivity index (χ4v) is 2.30. The molecule has 0 amide bonds. The van der Waals surface area contributed by atoms with Crippen LogP contribution in [0.2, 0.25) is 0 Å². The molecule has 3 heteroatoms. The lowest BCUT2D eigenvalue weighted by Gasteiger charge is -2.10. The third-order valence-electron chi connectivity index (χ3n) is 3.30. The SMILES string of the molecule is CCOc1cc2c(cc1C/C=C/c1ccccc1)OCO2. The predicted molar refractivity (Wildman–Crippen MR) is 82.9 cm³/mol. The number of hydrogen-bond donors (Lipinski definition) is 0. The van der Waals surface area contributed by atoms with E-state index in [-0.39, 0.29) is 6.79 Å². The maximum absolute atomic E-state index is 5.70. The Morgan fingerprint density at radius 3 is 2.62 bits per heavy atom. The first-order chi connectivity index (χ1) is 10.4. The smallest absolute Gasteiger partial charge is 0.231 e. The fourth-order valence-electron chi connectivity index (χ4n) is 2.30. The lowest BCUT2D eigenvalue weighted by Crippen LogP contribution is -1.96. The summed E-state index contributed by atoms with van der Waals surface area (Å²) in [6.45, 7) is 2.90. The van der Waals surface area contributed by atoms with Gasteiger partial charge in [0.05, 0.1) is 6.61 Å². The quantitative estimate of drug-likeness (QED) is 0.827. The van der Waals surface area contributed by atoms with Crippen LogP contribution in [-0.4, -0.2) is 13.4 Å². The van der Waals surface area contributed by atoms with Gasteiger partial charge in [-0.2, -0.15) is 0 Å². The van der Waals surface area contributed by atoms with Gasteiger partial charge in [0.25, 0.3) is 0 Å². The molecule has 21 heavy (non-hydrogen) atoms. The molecule has 0 radical (unpaired) electrons. The minimum atomic E-state index is 0.282. The largest absolute Gasteiger partial charge is 0.493 e. The Morgan fingerprint density at radius 2 is 1.86 bits per heavy atom. The van der Waals surface area contributed by atoms with E-state index < -0.39 is 0 Å². The van der Waals surface area contributed by atoms with E-state index >= 15 is 0 Å². The van der Waals surface area contributed by atoms with Gasteiger partial charge in [0.1, 0.15) is 5.75 Å². The summed E-state index contributed by atoms with van der Waals surface area (Å²) in [7, 11) is 0. The Balaban J connectivity index is 1.79. The van der Waals surface area contributed by atoms with Crippen molar-refractivity contribution in [2.75, 3.05) is 13.4 Å². The van der Waals surface area contributed by atoms with Crippen LogP contribution in [0.4, 0.5) is 0 Å². The van der Waals surface area contributed by atoms with Crippen molar-refractivity contribution in [1.29, 1.82) is 0 Å². The van der Waals surface area contributed by atoms with Crippen LogP contribution in [-0.2, 0) is 6.42 Å². The summed E-state index contributed by atoms with van der Waals surface area (Å²) in [4.78, 5) is 0. The van der Waals surface area contributed by atoms with Crippen LogP contribution >= 0.6 is 0 Å². The molecule has 2 aromatic rings. The zero-order valence-corrected chi connectivity index (χ0v) is 12.0. The Kier molecular flexibility index (Phi) is 4.10. The molecule has 0 saturated heterocycles. The molecule has 2 aromatic carbocycles. The van der Waals surface area contributed by atoms with Crippen molar-refractivity contribution in [3.63, 3.8) is 0 Å². The Hall–Kier alpha value is -2.42. The first kappa shape index (κ1) is 13.6. The molecule has 0 unspecified atom stereocenters. The highest BCUT2D eigenvalue weighted by Crippen LogP contribution is 2.38. The van der Waals surface area contributed by atoms with Crippen LogP contribution in [0, 0.1) is 0 Å². The Labute approximate surface area is 124 Å². The summed E-state index contributed by atoms with van der Waals surface area (Å²) >= 11 is 0. The minimum Gasteiger partial charge on any atom is -0.493 e. The summed E-state index contributed by atoms with van der Waals surface area (Å²) in [6.07, 6.45) is 5.04. The van der Waals surface area contributed by atoms with Crippen molar-refractivity contribution in [2.24, 2.45) is 0 Å². The van der Waals surface area contributed by atoms with Crippen LogP contribution in [0.25, 0.3) is 6.08 Å². The zero-order valence-electron chi connectivity index (χ0n) is 12.0. The number of rotatable bonds is 5. The van der Waals surface area contributed by atoms with E-state index in [2.05, 4.69) is 24.3 Å². The lowest BCUT2D eigenvalue weighted by molar-refractivity contribution is 0.173. The summed E-state index contributed by atoms with van der Waals surface area (Å²) in [5.74, 6) is 2.41. The molecule has 0 saturated carbocycles. The molecule has 0 spiro atoms. The van der Waals surface area contributed by atoms with Gasteiger partial charge >= 0.3 is 0 Å².